The minimum atomic E-state index is -0.247. The van der Waals surface area contributed by atoms with Crippen LogP contribution in [0.2, 0.25) is 0 Å². The number of benzene rings is 2. The van der Waals surface area contributed by atoms with E-state index in [1.165, 1.54) is 6.07 Å². The van der Waals surface area contributed by atoms with Gasteiger partial charge in [-0.05, 0) is 31.7 Å². The summed E-state index contributed by atoms with van der Waals surface area (Å²) in [7, 11) is 1.80. The maximum Gasteiger partial charge on any atom is 0.238 e. The first-order valence-electron chi connectivity index (χ1n) is 6.83. The van der Waals surface area contributed by atoms with Gasteiger partial charge in [-0.2, -0.15) is 0 Å². The van der Waals surface area contributed by atoms with Gasteiger partial charge in [0.1, 0.15) is 5.82 Å². The summed E-state index contributed by atoms with van der Waals surface area (Å²) in [6, 6.07) is 14.2. The summed E-state index contributed by atoms with van der Waals surface area (Å²) >= 11 is 0. The van der Waals surface area contributed by atoms with Gasteiger partial charge in [-0.15, -0.1) is 0 Å². The van der Waals surface area contributed by atoms with Crippen molar-refractivity contribution in [3.63, 3.8) is 0 Å². The average molecular weight is 286 g/mol. The molecule has 0 aliphatic heterocycles. The summed E-state index contributed by atoms with van der Waals surface area (Å²) in [5, 5.41) is 2.87. The number of carbonyl (C=O) groups excluding carboxylic acids is 1. The Morgan fingerprint density at radius 2 is 1.81 bits per heavy atom. The molecule has 0 radical (unpaired) electrons. The number of nitrogens with zero attached hydrogens (tertiary/aromatic N) is 1. The molecule has 0 spiro atoms. The largest absolute Gasteiger partial charge is 0.325 e. The third-order valence-corrected chi connectivity index (χ3v) is 3.23. The fraction of sp³-hybridized carbons (Fsp3) is 0.235. The van der Waals surface area contributed by atoms with Crippen molar-refractivity contribution in [3.05, 3.63) is 65.5 Å². The first-order valence-corrected chi connectivity index (χ1v) is 6.83. The van der Waals surface area contributed by atoms with Crippen molar-refractivity contribution < 1.29 is 9.18 Å². The number of halogens is 1. The molecule has 0 aromatic heterocycles. The Morgan fingerprint density at radius 3 is 2.52 bits per heavy atom. The second kappa shape index (κ2) is 6.99. The van der Waals surface area contributed by atoms with E-state index < -0.39 is 0 Å². The minimum absolute atomic E-state index is 0.108. The van der Waals surface area contributed by atoms with Gasteiger partial charge in [-0.25, -0.2) is 4.39 Å². The van der Waals surface area contributed by atoms with Crippen molar-refractivity contribution in [1.29, 1.82) is 0 Å². The summed E-state index contributed by atoms with van der Waals surface area (Å²) < 4.78 is 13.6. The highest BCUT2D eigenvalue weighted by atomic mass is 19.1. The first-order chi connectivity index (χ1) is 10.1. The molecule has 2 rings (SSSR count). The monoisotopic (exact) mass is 286 g/mol. The van der Waals surface area contributed by atoms with E-state index in [0.29, 0.717) is 12.1 Å². The first kappa shape index (κ1) is 15.2. The number of nitrogens with one attached hydrogen (secondary N) is 1. The quantitative estimate of drug-likeness (QED) is 0.915. The zero-order valence-electron chi connectivity index (χ0n) is 12.3. The van der Waals surface area contributed by atoms with Crippen molar-refractivity contribution in [3.8, 4) is 0 Å². The Labute approximate surface area is 124 Å². The van der Waals surface area contributed by atoms with Crippen molar-refractivity contribution in [2.75, 3.05) is 18.9 Å². The van der Waals surface area contributed by atoms with Crippen LogP contribution in [0.25, 0.3) is 0 Å². The average Bonchev–Trinajstić information content (AvgIpc) is 2.44. The van der Waals surface area contributed by atoms with Crippen LogP contribution < -0.4 is 5.32 Å². The van der Waals surface area contributed by atoms with Gasteiger partial charge in [-0.1, -0.05) is 36.4 Å². The molecular formula is C17H19FN2O. The molecule has 0 aliphatic carbocycles. The molecule has 0 fully saturated rings. The van der Waals surface area contributed by atoms with E-state index in [2.05, 4.69) is 5.32 Å². The summed E-state index contributed by atoms with van der Waals surface area (Å²) in [6.07, 6.45) is 0. The highest BCUT2D eigenvalue weighted by Gasteiger charge is 2.10. The number of aryl methyl sites for hydroxylation is 1. The van der Waals surface area contributed by atoms with Crippen LogP contribution in [0, 0.1) is 12.7 Å². The van der Waals surface area contributed by atoms with Crippen LogP contribution in [0.5, 0.6) is 0 Å². The zero-order chi connectivity index (χ0) is 15.2. The number of para-hydroxylation sites is 1. The molecule has 0 unspecified atom stereocenters. The number of likely N-dealkylation sites (N-methyl/N-ethyl adjacent to an activating group) is 1. The molecule has 1 N–H and O–H groups in total. The van der Waals surface area contributed by atoms with E-state index in [1.807, 2.05) is 31.2 Å². The Bertz CT molecular complexity index is 628. The SMILES string of the molecule is Cc1ccccc1NC(=O)CN(C)Cc1ccccc1F. The number of hydrogen-bond acceptors (Lipinski definition) is 2. The van der Waals surface area contributed by atoms with Gasteiger partial charge >= 0.3 is 0 Å². The molecule has 0 heterocycles. The molecular weight excluding hydrogens is 267 g/mol. The van der Waals surface area contributed by atoms with E-state index >= 15 is 0 Å². The van der Waals surface area contributed by atoms with Crippen LogP contribution in [0.15, 0.2) is 48.5 Å². The van der Waals surface area contributed by atoms with Gasteiger partial charge in [0.15, 0.2) is 0 Å². The maximum absolute atomic E-state index is 13.6. The van der Waals surface area contributed by atoms with Crippen LogP contribution >= 0.6 is 0 Å². The smallest absolute Gasteiger partial charge is 0.238 e. The van der Waals surface area contributed by atoms with Crippen LogP contribution in [0.4, 0.5) is 10.1 Å². The molecule has 2 aromatic carbocycles. The lowest BCUT2D eigenvalue weighted by atomic mass is 10.2. The number of amides is 1. The lowest BCUT2D eigenvalue weighted by Crippen LogP contribution is -2.30. The summed E-state index contributed by atoms with van der Waals surface area (Å²) in [6.45, 7) is 2.55. The molecule has 2 aromatic rings. The van der Waals surface area contributed by atoms with Gasteiger partial charge in [0.25, 0.3) is 0 Å². The van der Waals surface area contributed by atoms with Gasteiger partial charge in [0.05, 0.1) is 6.54 Å². The second-order valence-corrected chi connectivity index (χ2v) is 5.13. The molecule has 1 amide bonds. The van der Waals surface area contributed by atoms with Crippen molar-refractivity contribution in [1.82, 2.24) is 4.90 Å². The number of carbonyl (C=O) groups is 1. The molecule has 110 valence electrons. The molecule has 21 heavy (non-hydrogen) atoms. The van der Waals surface area contributed by atoms with Crippen molar-refractivity contribution >= 4 is 11.6 Å². The summed E-state index contributed by atoms with van der Waals surface area (Å²) in [5.41, 5.74) is 2.41. The van der Waals surface area contributed by atoms with Crippen LogP contribution in [-0.4, -0.2) is 24.4 Å². The van der Waals surface area contributed by atoms with E-state index in [4.69, 9.17) is 0 Å². The van der Waals surface area contributed by atoms with Crippen LogP contribution in [-0.2, 0) is 11.3 Å². The van der Waals surface area contributed by atoms with Gasteiger partial charge in [-0.3, -0.25) is 9.69 Å². The van der Waals surface area contributed by atoms with Crippen molar-refractivity contribution in [2.45, 2.75) is 13.5 Å². The Hall–Kier alpha value is -2.20. The Morgan fingerprint density at radius 1 is 1.14 bits per heavy atom. The predicted octanol–water partition coefficient (Wildman–Crippen LogP) is 3.20. The molecule has 0 aliphatic rings. The fourth-order valence-corrected chi connectivity index (χ4v) is 2.12. The molecule has 0 saturated heterocycles. The number of anilines is 1. The van der Waals surface area contributed by atoms with Gasteiger partial charge < -0.3 is 5.32 Å². The number of hydrogen-bond donors (Lipinski definition) is 1. The van der Waals surface area contributed by atoms with E-state index in [-0.39, 0.29) is 18.3 Å². The Balaban J connectivity index is 1.91. The highest BCUT2D eigenvalue weighted by molar-refractivity contribution is 5.92. The molecule has 0 saturated carbocycles. The normalized spacial score (nSPS) is 10.7. The highest BCUT2D eigenvalue weighted by Crippen LogP contribution is 2.13. The lowest BCUT2D eigenvalue weighted by molar-refractivity contribution is -0.117. The molecule has 4 heteroatoms. The van der Waals surface area contributed by atoms with E-state index in [0.717, 1.165) is 11.3 Å². The van der Waals surface area contributed by atoms with Gasteiger partial charge in [0.2, 0.25) is 5.91 Å². The standard InChI is InChI=1S/C17H19FN2O/c1-13-7-3-6-10-16(13)19-17(21)12-20(2)11-14-8-4-5-9-15(14)18/h3-10H,11-12H2,1-2H3,(H,19,21). The molecule has 3 nitrogen and oxygen atoms in total. The van der Waals surface area contributed by atoms with Crippen molar-refractivity contribution in [2.24, 2.45) is 0 Å². The summed E-state index contributed by atoms with van der Waals surface area (Å²) in [4.78, 5) is 13.8. The third-order valence-electron chi connectivity index (χ3n) is 3.23. The fourth-order valence-electron chi connectivity index (χ4n) is 2.12. The van der Waals surface area contributed by atoms with E-state index in [9.17, 15) is 9.18 Å². The third kappa shape index (κ3) is 4.39. The summed E-state index contributed by atoms with van der Waals surface area (Å²) in [5.74, 6) is -0.355. The maximum atomic E-state index is 13.6. The Kier molecular flexibility index (Phi) is 5.06. The van der Waals surface area contributed by atoms with Crippen LogP contribution in [0.1, 0.15) is 11.1 Å². The topological polar surface area (TPSA) is 32.3 Å². The molecule has 0 atom stereocenters. The zero-order valence-corrected chi connectivity index (χ0v) is 12.3. The minimum Gasteiger partial charge on any atom is -0.325 e. The second-order valence-electron chi connectivity index (χ2n) is 5.13. The van der Waals surface area contributed by atoms with Crippen LogP contribution in [0.3, 0.4) is 0 Å². The predicted molar refractivity (Wildman–Crippen MR) is 82.5 cm³/mol. The molecule has 0 bridgehead atoms. The van der Waals surface area contributed by atoms with E-state index in [1.54, 1.807) is 30.1 Å². The van der Waals surface area contributed by atoms with Gasteiger partial charge in [0, 0.05) is 17.8 Å². The number of rotatable bonds is 5. The lowest BCUT2D eigenvalue weighted by Gasteiger charge is -2.17.